The molecule has 0 spiro atoms. The first-order valence-electron chi connectivity index (χ1n) is 3.64. The molecule has 0 heterocycles. The molecule has 0 aliphatic carbocycles. The Balaban J connectivity index is 3.38. The number of anilines is 1. The van der Waals surface area contributed by atoms with Gasteiger partial charge in [0.05, 0.1) is 0 Å². The highest BCUT2D eigenvalue weighted by molar-refractivity contribution is 7.71. The summed E-state index contributed by atoms with van der Waals surface area (Å²) in [4.78, 5) is 2.85. The van der Waals surface area contributed by atoms with Crippen LogP contribution in [0, 0.1) is 4.51 Å². The summed E-state index contributed by atoms with van der Waals surface area (Å²) in [7, 11) is 7.83. The minimum atomic E-state index is 0.884. The van der Waals surface area contributed by atoms with E-state index in [2.05, 4.69) is 0 Å². The molecule has 0 aliphatic heterocycles. The smallest absolute Gasteiger partial charge is 0.202 e. The zero-order chi connectivity index (χ0) is 9.46. The summed E-state index contributed by atoms with van der Waals surface area (Å²) in [5.74, 6) is 0. The van der Waals surface area contributed by atoms with Crippen molar-refractivity contribution in [2.24, 2.45) is 0 Å². The fourth-order valence-corrected chi connectivity index (χ4v) is 2.45. The molecule has 0 unspecified atom stereocenters. The maximum absolute atomic E-state index is 5.21. The van der Waals surface area contributed by atoms with Gasteiger partial charge in [-0.05, 0) is 0 Å². The predicted octanol–water partition coefficient (Wildman–Crippen LogP) is 0.295. The number of hydrogen-bond donors (Lipinski definition) is 0. The van der Waals surface area contributed by atoms with E-state index in [1.165, 1.54) is 0 Å². The molecule has 66 valence electrons. The molecule has 0 atom stereocenters. The molecule has 0 N–H and O–H groups in total. The van der Waals surface area contributed by atoms with Gasteiger partial charge in [0.1, 0.15) is 18.6 Å². The Bertz CT molecular complexity index is 380. The van der Waals surface area contributed by atoms with Crippen LogP contribution in [0.25, 0.3) is 0 Å². The lowest BCUT2D eigenvalue weighted by Crippen LogP contribution is -2.33. The Labute approximate surface area is 83.2 Å². The van der Waals surface area contributed by atoms with Crippen LogP contribution >= 0.6 is 12.2 Å². The Morgan fingerprint density at radius 3 is 2.08 bits per heavy atom. The fourth-order valence-electron chi connectivity index (χ4n) is 1.18. The standard InChI is InChI=1S/C8H12N2S2/c1-9(2)5-7(11)6(8(5)12)10(3)4/h1-4H3. The molecule has 0 aliphatic rings. The molecule has 0 fully saturated rings. The topological polar surface area (TPSA) is 6.25 Å². The van der Waals surface area contributed by atoms with Crippen molar-refractivity contribution >= 4 is 30.5 Å². The Morgan fingerprint density at radius 1 is 1.33 bits per heavy atom. The van der Waals surface area contributed by atoms with Gasteiger partial charge in [-0.15, -0.1) is 0 Å². The summed E-state index contributed by atoms with van der Waals surface area (Å²) >= 11 is 10.4. The summed E-state index contributed by atoms with van der Waals surface area (Å²) in [5.41, 5.74) is 1.02. The van der Waals surface area contributed by atoms with Gasteiger partial charge in [0.25, 0.3) is 0 Å². The molecule has 0 bridgehead atoms. The second kappa shape index (κ2) is 3.11. The highest BCUT2D eigenvalue weighted by Gasteiger charge is 2.12. The van der Waals surface area contributed by atoms with Crippen molar-refractivity contribution in [1.29, 1.82) is 0 Å². The first-order chi connectivity index (χ1) is 5.46. The van der Waals surface area contributed by atoms with Crippen LogP contribution in [0.5, 0.6) is 0 Å². The van der Waals surface area contributed by atoms with E-state index in [0.717, 1.165) is 20.5 Å². The third-order valence-corrected chi connectivity index (χ3v) is 2.53. The van der Waals surface area contributed by atoms with Crippen molar-refractivity contribution in [3.63, 3.8) is 0 Å². The van der Waals surface area contributed by atoms with Crippen LogP contribution in [0.2, 0.25) is 0 Å². The molecular weight excluding hydrogens is 188 g/mol. The summed E-state index contributed by atoms with van der Waals surface area (Å²) in [5, 5.41) is 1.02. The van der Waals surface area contributed by atoms with E-state index in [-0.39, 0.29) is 0 Å². The molecular formula is C8H12N2S2. The van der Waals surface area contributed by atoms with E-state index in [1.54, 1.807) is 0 Å². The lowest BCUT2D eigenvalue weighted by molar-refractivity contribution is 0.776. The Morgan fingerprint density at radius 2 is 1.83 bits per heavy atom. The molecule has 0 aromatic heterocycles. The first kappa shape index (κ1) is 9.61. The summed E-state index contributed by atoms with van der Waals surface area (Å²) in [6.45, 7) is 0. The quantitative estimate of drug-likeness (QED) is 0.365. The number of rotatable bonds is 1. The molecule has 4 heteroatoms. The van der Waals surface area contributed by atoms with Crippen LogP contribution in [0.1, 0.15) is 0 Å². The molecule has 12 heavy (non-hydrogen) atoms. The predicted molar refractivity (Wildman–Crippen MR) is 56.7 cm³/mol. The SMILES string of the molecule is CN(C)c1c([S-])c(=[N+](C)C)c1=S. The average Bonchev–Trinajstić information content (AvgIpc) is 1.84. The van der Waals surface area contributed by atoms with Crippen LogP contribution in [0.4, 0.5) is 5.69 Å². The zero-order valence-electron chi connectivity index (χ0n) is 7.71. The van der Waals surface area contributed by atoms with Gasteiger partial charge in [-0.1, -0.05) is 17.1 Å². The van der Waals surface area contributed by atoms with Gasteiger partial charge in [-0.2, -0.15) is 0 Å². The van der Waals surface area contributed by atoms with Gasteiger partial charge in [-0.25, -0.2) is 4.58 Å². The van der Waals surface area contributed by atoms with E-state index >= 15 is 0 Å². The first-order valence-corrected chi connectivity index (χ1v) is 4.46. The van der Waals surface area contributed by atoms with Crippen LogP contribution < -0.4 is 14.8 Å². The maximum atomic E-state index is 5.21. The van der Waals surface area contributed by atoms with Crippen molar-refractivity contribution in [2.45, 2.75) is 4.90 Å². The fraction of sp³-hybridized carbons (Fsp3) is 0.500. The summed E-state index contributed by atoms with van der Waals surface area (Å²) < 4.78 is 2.85. The average molecular weight is 200 g/mol. The van der Waals surface area contributed by atoms with Gasteiger partial charge in [0.2, 0.25) is 5.36 Å². The van der Waals surface area contributed by atoms with Crippen LogP contribution in [-0.2, 0) is 12.6 Å². The van der Waals surface area contributed by atoms with Crippen molar-refractivity contribution < 1.29 is 0 Å². The van der Waals surface area contributed by atoms with E-state index in [0.29, 0.717) is 0 Å². The molecule has 0 amide bonds. The normalized spacial score (nSPS) is 10.3. The molecule has 1 aromatic rings. The van der Waals surface area contributed by atoms with Crippen LogP contribution in [0.3, 0.4) is 0 Å². The third-order valence-electron chi connectivity index (χ3n) is 1.75. The van der Waals surface area contributed by atoms with Crippen LogP contribution in [-0.4, -0.2) is 28.2 Å². The van der Waals surface area contributed by atoms with Gasteiger partial charge >= 0.3 is 0 Å². The van der Waals surface area contributed by atoms with Gasteiger partial charge in [0.15, 0.2) is 0 Å². The molecule has 0 saturated carbocycles. The van der Waals surface area contributed by atoms with Crippen molar-refractivity contribution in [1.82, 2.24) is 4.58 Å². The monoisotopic (exact) mass is 200 g/mol. The lowest BCUT2D eigenvalue weighted by Gasteiger charge is -2.23. The molecule has 2 nitrogen and oxygen atoms in total. The number of nitrogens with zero attached hydrogens (tertiary/aromatic N) is 2. The lowest BCUT2D eigenvalue weighted by atomic mass is 10.2. The zero-order valence-corrected chi connectivity index (χ0v) is 9.34. The molecule has 0 saturated heterocycles. The Hall–Kier alpha value is -0.480. The maximum Gasteiger partial charge on any atom is 0.202 e. The summed E-state index contributed by atoms with van der Waals surface area (Å²) in [6, 6.07) is 0. The summed E-state index contributed by atoms with van der Waals surface area (Å²) in [6.07, 6.45) is 0. The van der Waals surface area contributed by atoms with E-state index in [1.807, 2.05) is 37.7 Å². The Kier molecular flexibility index (Phi) is 2.49. The molecule has 0 radical (unpaired) electrons. The van der Waals surface area contributed by atoms with Gasteiger partial charge < -0.3 is 17.5 Å². The van der Waals surface area contributed by atoms with Crippen molar-refractivity contribution in [3.8, 4) is 0 Å². The highest BCUT2D eigenvalue weighted by atomic mass is 32.1. The third kappa shape index (κ3) is 1.25. The van der Waals surface area contributed by atoms with E-state index in [9.17, 15) is 0 Å². The van der Waals surface area contributed by atoms with E-state index < -0.39 is 0 Å². The highest BCUT2D eigenvalue weighted by Crippen LogP contribution is 2.18. The molecule has 1 rings (SSSR count). The van der Waals surface area contributed by atoms with Crippen LogP contribution in [0.15, 0.2) is 4.90 Å². The van der Waals surface area contributed by atoms with Crippen molar-refractivity contribution in [2.75, 3.05) is 33.1 Å². The minimum Gasteiger partial charge on any atom is -0.771 e. The largest absolute Gasteiger partial charge is 0.771 e. The van der Waals surface area contributed by atoms with E-state index in [4.69, 9.17) is 24.8 Å². The van der Waals surface area contributed by atoms with Gasteiger partial charge in [-0.3, -0.25) is 0 Å². The number of hydrogen-bond acceptors (Lipinski definition) is 3. The second-order valence-corrected chi connectivity index (χ2v) is 3.96. The molecule has 1 aromatic carbocycles. The van der Waals surface area contributed by atoms with Gasteiger partial charge in [0, 0.05) is 19.8 Å². The second-order valence-electron chi connectivity index (χ2n) is 3.14. The van der Waals surface area contributed by atoms with Crippen molar-refractivity contribution in [3.05, 3.63) is 9.87 Å². The minimum absolute atomic E-state index is 0.884.